The highest BCUT2D eigenvalue weighted by Crippen LogP contribution is 2.38. The van der Waals surface area contributed by atoms with Gasteiger partial charge in [0.05, 0.1) is 30.8 Å². The molecule has 0 aliphatic carbocycles. The van der Waals surface area contributed by atoms with Crippen LogP contribution >= 0.6 is 11.6 Å². The fraction of sp³-hybridized carbons (Fsp3) is 0.276. The summed E-state index contributed by atoms with van der Waals surface area (Å²) < 4.78 is 17.8. The summed E-state index contributed by atoms with van der Waals surface area (Å²) in [5, 5.41) is 16.3. The van der Waals surface area contributed by atoms with Gasteiger partial charge in [-0.15, -0.1) is 0 Å². The minimum atomic E-state index is -1.19. The van der Waals surface area contributed by atoms with Crippen molar-refractivity contribution >= 4 is 29.2 Å². The van der Waals surface area contributed by atoms with Crippen molar-refractivity contribution in [3.63, 3.8) is 0 Å². The Labute approximate surface area is 240 Å². The lowest BCUT2D eigenvalue weighted by Crippen LogP contribution is -2.34. The SMILES string of the molecule is COc1cn(C(CCOC(C)(C)C)C(=O)Nc2ccc(C(=O)O)nc2)c(=O)cc1-c1cc(Cl)ccc1-c1ccon1. The van der Waals surface area contributed by atoms with Crippen LogP contribution in [0.25, 0.3) is 22.4 Å². The van der Waals surface area contributed by atoms with E-state index in [2.05, 4.69) is 15.5 Å². The minimum absolute atomic E-state index is 0.160. The molecule has 214 valence electrons. The summed E-state index contributed by atoms with van der Waals surface area (Å²) in [6, 6.07) is 9.94. The van der Waals surface area contributed by atoms with Gasteiger partial charge in [0, 0.05) is 41.3 Å². The van der Waals surface area contributed by atoms with E-state index >= 15 is 0 Å². The number of pyridine rings is 2. The number of carboxylic acids is 1. The molecule has 3 heterocycles. The molecule has 1 aromatic carbocycles. The fourth-order valence-electron chi connectivity index (χ4n) is 4.15. The second kappa shape index (κ2) is 12.4. The maximum Gasteiger partial charge on any atom is 0.354 e. The van der Waals surface area contributed by atoms with Crippen LogP contribution in [0.4, 0.5) is 5.69 Å². The summed E-state index contributed by atoms with van der Waals surface area (Å²) in [4.78, 5) is 42.1. The largest absolute Gasteiger partial charge is 0.495 e. The molecular formula is C29H29ClN4O7. The molecule has 4 rings (SSSR count). The highest BCUT2D eigenvalue weighted by atomic mass is 35.5. The molecule has 0 spiro atoms. The molecule has 0 fully saturated rings. The molecule has 0 bridgehead atoms. The van der Waals surface area contributed by atoms with E-state index in [1.807, 2.05) is 20.8 Å². The van der Waals surface area contributed by atoms with Crippen LogP contribution in [0, 0.1) is 0 Å². The molecule has 0 aliphatic heterocycles. The third-order valence-electron chi connectivity index (χ3n) is 6.06. The Kier molecular flexibility index (Phi) is 8.89. The average molecular weight is 581 g/mol. The number of rotatable bonds is 10. The second-order valence-electron chi connectivity index (χ2n) is 10.1. The number of nitrogens with one attached hydrogen (secondary N) is 1. The highest BCUT2D eigenvalue weighted by Gasteiger charge is 2.26. The maximum atomic E-state index is 13.6. The smallest absolute Gasteiger partial charge is 0.354 e. The van der Waals surface area contributed by atoms with E-state index in [-0.39, 0.29) is 24.4 Å². The first-order valence-corrected chi connectivity index (χ1v) is 13.0. The molecule has 1 unspecified atom stereocenters. The third kappa shape index (κ3) is 7.19. The number of hydrogen-bond acceptors (Lipinski definition) is 8. The fourth-order valence-corrected chi connectivity index (χ4v) is 4.32. The van der Waals surface area contributed by atoms with Gasteiger partial charge >= 0.3 is 5.97 Å². The summed E-state index contributed by atoms with van der Waals surface area (Å²) in [6.45, 7) is 5.84. The topological polar surface area (TPSA) is 146 Å². The predicted octanol–water partition coefficient (Wildman–Crippen LogP) is 5.31. The van der Waals surface area contributed by atoms with E-state index in [0.29, 0.717) is 33.2 Å². The molecule has 1 atom stereocenters. The van der Waals surface area contributed by atoms with Gasteiger partial charge in [-0.2, -0.15) is 0 Å². The Hall–Kier alpha value is -4.48. The van der Waals surface area contributed by atoms with Gasteiger partial charge < -0.3 is 24.4 Å². The molecule has 0 saturated carbocycles. The summed E-state index contributed by atoms with van der Waals surface area (Å²) in [6.07, 6.45) is 4.31. The van der Waals surface area contributed by atoms with Crippen LogP contribution in [-0.2, 0) is 9.53 Å². The first-order chi connectivity index (χ1) is 19.5. The lowest BCUT2D eigenvalue weighted by molar-refractivity contribution is -0.120. The molecular weight excluding hydrogens is 552 g/mol. The zero-order chi connectivity index (χ0) is 29.7. The average Bonchev–Trinajstić information content (AvgIpc) is 3.46. The van der Waals surface area contributed by atoms with Crippen molar-refractivity contribution in [3.8, 4) is 28.1 Å². The summed E-state index contributed by atoms with van der Waals surface area (Å²) in [5.41, 5.74) is 1.43. The number of nitrogens with zero attached hydrogens (tertiary/aromatic N) is 3. The van der Waals surface area contributed by atoms with E-state index in [9.17, 15) is 14.4 Å². The predicted molar refractivity (Wildman–Crippen MR) is 152 cm³/mol. The quantitative estimate of drug-likeness (QED) is 0.255. The number of carbonyl (C=O) groups excluding carboxylic acids is 1. The number of halogens is 1. The minimum Gasteiger partial charge on any atom is -0.495 e. The number of carbonyl (C=O) groups is 2. The van der Waals surface area contributed by atoms with Crippen LogP contribution < -0.4 is 15.6 Å². The van der Waals surface area contributed by atoms with Gasteiger partial charge in [0.15, 0.2) is 0 Å². The molecule has 3 aromatic heterocycles. The van der Waals surface area contributed by atoms with Crippen molar-refractivity contribution in [2.45, 2.75) is 38.8 Å². The maximum absolute atomic E-state index is 13.6. The summed E-state index contributed by atoms with van der Waals surface area (Å²) >= 11 is 6.31. The van der Waals surface area contributed by atoms with Gasteiger partial charge in [0.25, 0.3) is 5.56 Å². The van der Waals surface area contributed by atoms with Crippen molar-refractivity contribution in [1.82, 2.24) is 14.7 Å². The van der Waals surface area contributed by atoms with Gasteiger partial charge in [-0.1, -0.05) is 22.8 Å². The van der Waals surface area contributed by atoms with Crippen molar-refractivity contribution in [2.24, 2.45) is 0 Å². The van der Waals surface area contributed by atoms with Crippen molar-refractivity contribution in [2.75, 3.05) is 19.0 Å². The Morgan fingerprint density at radius 3 is 2.51 bits per heavy atom. The van der Waals surface area contributed by atoms with Crippen molar-refractivity contribution in [3.05, 3.63) is 82.2 Å². The molecule has 0 radical (unpaired) electrons. The van der Waals surface area contributed by atoms with Crippen LogP contribution in [-0.4, -0.2) is 51.0 Å². The Bertz CT molecular complexity index is 1590. The Morgan fingerprint density at radius 1 is 1.12 bits per heavy atom. The molecule has 0 aliphatic rings. The number of ether oxygens (including phenoxy) is 2. The van der Waals surface area contributed by atoms with Crippen molar-refractivity contribution < 1.29 is 28.7 Å². The van der Waals surface area contributed by atoms with Crippen LogP contribution in [0.2, 0.25) is 5.02 Å². The second-order valence-corrected chi connectivity index (χ2v) is 10.5. The number of aromatic carboxylic acids is 1. The van der Waals surface area contributed by atoms with E-state index in [1.54, 1.807) is 24.3 Å². The van der Waals surface area contributed by atoms with Crippen molar-refractivity contribution in [1.29, 1.82) is 0 Å². The van der Waals surface area contributed by atoms with Gasteiger partial charge in [-0.05, 0) is 50.6 Å². The van der Waals surface area contributed by atoms with E-state index in [4.69, 9.17) is 30.7 Å². The monoisotopic (exact) mass is 580 g/mol. The Balaban J connectivity index is 1.75. The summed E-state index contributed by atoms with van der Waals surface area (Å²) in [7, 11) is 1.46. The number of benzene rings is 1. The number of methoxy groups -OCH3 is 1. The summed E-state index contributed by atoms with van der Waals surface area (Å²) in [5.74, 6) is -1.39. The molecule has 12 heteroatoms. The van der Waals surface area contributed by atoms with Crippen LogP contribution in [0.15, 0.2) is 70.4 Å². The third-order valence-corrected chi connectivity index (χ3v) is 6.30. The molecule has 0 saturated heterocycles. The van der Waals surface area contributed by atoms with Gasteiger partial charge in [-0.3, -0.25) is 14.2 Å². The number of hydrogen-bond donors (Lipinski definition) is 2. The van der Waals surface area contributed by atoms with E-state index < -0.39 is 29.1 Å². The van der Waals surface area contributed by atoms with Crippen LogP contribution in [0.3, 0.4) is 0 Å². The first-order valence-electron chi connectivity index (χ1n) is 12.6. The Morgan fingerprint density at radius 2 is 1.90 bits per heavy atom. The van der Waals surface area contributed by atoms with Gasteiger partial charge in [0.2, 0.25) is 5.91 Å². The molecule has 1 amide bonds. The lowest BCUT2D eigenvalue weighted by Gasteiger charge is -2.24. The first kappa shape index (κ1) is 29.5. The normalized spacial score (nSPS) is 12.1. The highest BCUT2D eigenvalue weighted by molar-refractivity contribution is 6.31. The molecule has 2 N–H and O–H groups in total. The van der Waals surface area contributed by atoms with Gasteiger partial charge in [0.1, 0.15) is 29.4 Å². The zero-order valence-electron chi connectivity index (χ0n) is 22.9. The number of amides is 1. The molecule has 41 heavy (non-hydrogen) atoms. The molecule has 4 aromatic rings. The van der Waals surface area contributed by atoms with E-state index in [1.165, 1.54) is 48.5 Å². The van der Waals surface area contributed by atoms with Crippen LogP contribution in [0.1, 0.15) is 43.7 Å². The number of carboxylic acid groups (broad SMARTS) is 1. The van der Waals surface area contributed by atoms with E-state index in [0.717, 1.165) is 0 Å². The standard InChI is InChI=1S/C29H29ClN4O7/c1-29(2,3)40-11-10-24(27(36)32-18-6-8-23(28(37)38)31-15-18)34-16-25(39-4)21(14-26(34)35)20-13-17(30)5-7-19(20)22-9-12-41-33-22/h5-9,12-16,24H,10-11H2,1-4H3,(H,32,36)(H,37,38). The van der Waals surface area contributed by atoms with Gasteiger partial charge in [-0.25, -0.2) is 9.78 Å². The van der Waals surface area contributed by atoms with Crippen LogP contribution in [0.5, 0.6) is 5.75 Å². The number of aromatic nitrogens is 3. The number of anilines is 1. The lowest BCUT2D eigenvalue weighted by atomic mass is 9.97. The molecule has 11 nitrogen and oxygen atoms in total. The zero-order valence-corrected chi connectivity index (χ0v) is 23.6.